The number of carbonyl (C=O) groups is 1. The summed E-state index contributed by atoms with van der Waals surface area (Å²) in [6.45, 7) is 3.85. The lowest BCUT2D eigenvalue weighted by atomic mass is 10.1. The first-order chi connectivity index (χ1) is 10.2. The summed E-state index contributed by atoms with van der Waals surface area (Å²) in [5.41, 5.74) is 2.13. The van der Waals surface area contributed by atoms with Crippen LogP contribution in [0.4, 0.5) is 0 Å². The van der Waals surface area contributed by atoms with E-state index in [1.165, 1.54) is 11.3 Å². The maximum Gasteiger partial charge on any atom is 0.261 e. The number of thiophene rings is 1. The predicted octanol–water partition coefficient (Wildman–Crippen LogP) is 3.15. The molecule has 1 aromatic heterocycles. The van der Waals surface area contributed by atoms with Crippen molar-refractivity contribution in [3.63, 3.8) is 0 Å². The molecule has 1 aliphatic rings. The number of nitrogens with one attached hydrogen (secondary N) is 1. The number of benzene rings is 1. The Labute approximate surface area is 127 Å². The highest BCUT2D eigenvalue weighted by Gasteiger charge is 2.14. The van der Waals surface area contributed by atoms with Crippen LogP contribution in [0.1, 0.15) is 27.2 Å². The van der Waals surface area contributed by atoms with Gasteiger partial charge in [-0.1, -0.05) is 6.07 Å². The van der Waals surface area contributed by atoms with Gasteiger partial charge in [-0.05, 0) is 41.6 Å². The van der Waals surface area contributed by atoms with Crippen molar-refractivity contribution in [1.82, 2.24) is 5.32 Å². The third-order valence-electron chi connectivity index (χ3n) is 3.39. The zero-order valence-electron chi connectivity index (χ0n) is 11.8. The topological polar surface area (TPSA) is 47.6 Å². The van der Waals surface area contributed by atoms with Crippen LogP contribution in [-0.2, 0) is 6.54 Å². The Morgan fingerprint density at radius 2 is 2.05 bits per heavy atom. The SMILES string of the molecule is Cc1cc2c(cc1CNC(=O)c1cccs1)OCCCO2. The van der Waals surface area contributed by atoms with E-state index in [4.69, 9.17) is 9.47 Å². The van der Waals surface area contributed by atoms with Crippen molar-refractivity contribution in [3.8, 4) is 11.5 Å². The molecule has 0 radical (unpaired) electrons. The second-order valence-corrected chi connectivity index (χ2v) is 5.88. The smallest absolute Gasteiger partial charge is 0.261 e. The Morgan fingerprint density at radius 1 is 1.29 bits per heavy atom. The predicted molar refractivity (Wildman–Crippen MR) is 82.3 cm³/mol. The molecule has 0 fully saturated rings. The first-order valence-corrected chi connectivity index (χ1v) is 7.83. The van der Waals surface area contributed by atoms with Gasteiger partial charge in [-0.3, -0.25) is 4.79 Å². The molecule has 1 aromatic carbocycles. The molecule has 0 saturated carbocycles. The van der Waals surface area contributed by atoms with Gasteiger partial charge in [0.05, 0.1) is 18.1 Å². The van der Waals surface area contributed by atoms with Gasteiger partial charge in [-0.15, -0.1) is 11.3 Å². The van der Waals surface area contributed by atoms with Crippen LogP contribution in [0.25, 0.3) is 0 Å². The van der Waals surface area contributed by atoms with Gasteiger partial charge < -0.3 is 14.8 Å². The highest BCUT2D eigenvalue weighted by atomic mass is 32.1. The molecule has 1 N–H and O–H groups in total. The molecule has 3 rings (SSSR count). The fraction of sp³-hybridized carbons (Fsp3) is 0.312. The minimum atomic E-state index is -0.0449. The second kappa shape index (κ2) is 6.18. The number of hydrogen-bond acceptors (Lipinski definition) is 4. The Balaban J connectivity index is 1.73. The molecule has 4 nitrogen and oxygen atoms in total. The summed E-state index contributed by atoms with van der Waals surface area (Å²) >= 11 is 1.44. The number of hydrogen-bond donors (Lipinski definition) is 1. The van der Waals surface area contributed by atoms with E-state index in [0.717, 1.165) is 33.9 Å². The summed E-state index contributed by atoms with van der Waals surface area (Å²) < 4.78 is 11.3. The number of aryl methyl sites for hydroxylation is 1. The van der Waals surface area contributed by atoms with Crippen molar-refractivity contribution in [1.29, 1.82) is 0 Å². The largest absolute Gasteiger partial charge is 0.490 e. The summed E-state index contributed by atoms with van der Waals surface area (Å²) in [6, 6.07) is 7.64. The lowest BCUT2D eigenvalue weighted by Crippen LogP contribution is -2.22. The Hall–Kier alpha value is -2.01. The van der Waals surface area contributed by atoms with E-state index in [9.17, 15) is 4.79 Å². The van der Waals surface area contributed by atoms with Crippen molar-refractivity contribution >= 4 is 17.2 Å². The molecule has 5 heteroatoms. The highest BCUT2D eigenvalue weighted by molar-refractivity contribution is 7.12. The number of fused-ring (bicyclic) bond motifs is 1. The van der Waals surface area contributed by atoms with Gasteiger partial charge in [-0.2, -0.15) is 0 Å². The van der Waals surface area contributed by atoms with Gasteiger partial charge in [0.2, 0.25) is 0 Å². The molecule has 1 aliphatic heterocycles. The molecule has 0 spiro atoms. The lowest BCUT2D eigenvalue weighted by molar-refractivity contribution is 0.0955. The van der Waals surface area contributed by atoms with Crippen LogP contribution in [0.2, 0.25) is 0 Å². The Kier molecular flexibility index (Phi) is 4.10. The van der Waals surface area contributed by atoms with Gasteiger partial charge >= 0.3 is 0 Å². The van der Waals surface area contributed by atoms with Crippen LogP contribution in [0.15, 0.2) is 29.6 Å². The monoisotopic (exact) mass is 303 g/mol. The average molecular weight is 303 g/mol. The molecule has 2 aromatic rings. The number of amides is 1. The van der Waals surface area contributed by atoms with Gasteiger partial charge in [0.1, 0.15) is 0 Å². The van der Waals surface area contributed by atoms with Gasteiger partial charge in [0, 0.05) is 13.0 Å². The first-order valence-electron chi connectivity index (χ1n) is 6.95. The van der Waals surface area contributed by atoms with Crippen LogP contribution in [-0.4, -0.2) is 19.1 Å². The normalized spacial score (nSPS) is 13.6. The van der Waals surface area contributed by atoms with Crippen LogP contribution in [0, 0.1) is 6.92 Å². The minimum absolute atomic E-state index is 0.0449. The zero-order chi connectivity index (χ0) is 14.7. The standard InChI is InChI=1S/C16H17NO3S/c1-11-8-13-14(20-6-3-5-19-13)9-12(11)10-17-16(18)15-4-2-7-21-15/h2,4,7-9H,3,5-6,10H2,1H3,(H,17,18). The molecule has 0 saturated heterocycles. The van der Waals surface area contributed by atoms with Crippen LogP contribution in [0.5, 0.6) is 11.5 Å². The van der Waals surface area contributed by atoms with E-state index in [1.807, 2.05) is 36.6 Å². The quantitative estimate of drug-likeness (QED) is 0.947. The Morgan fingerprint density at radius 3 is 2.76 bits per heavy atom. The van der Waals surface area contributed by atoms with Crippen molar-refractivity contribution in [2.75, 3.05) is 13.2 Å². The molecule has 0 aliphatic carbocycles. The lowest BCUT2D eigenvalue weighted by Gasteiger charge is -2.13. The summed E-state index contributed by atoms with van der Waals surface area (Å²) in [6.07, 6.45) is 0.887. The van der Waals surface area contributed by atoms with E-state index in [-0.39, 0.29) is 5.91 Å². The fourth-order valence-corrected chi connectivity index (χ4v) is 2.85. The number of ether oxygens (including phenoxy) is 2. The first kappa shape index (κ1) is 13.9. The van der Waals surface area contributed by atoms with Crippen molar-refractivity contribution in [2.45, 2.75) is 19.9 Å². The summed E-state index contributed by atoms with van der Waals surface area (Å²) in [5.74, 6) is 1.51. The Bertz CT molecular complexity index is 637. The van der Waals surface area contributed by atoms with Crippen LogP contribution >= 0.6 is 11.3 Å². The molecule has 110 valence electrons. The van der Waals surface area contributed by atoms with E-state index in [1.54, 1.807) is 0 Å². The maximum atomic E-state index is 12.0. The van der Waals surface area contributed by atoms with Crippen molar-refractivity contribution < 1.29 is 14.3 Å². The molecular weight excluding hydrogens is 286 g/mol. The average Bonchev–Trinajstić information content (AvgIpc) is 2.92. The summed E-state index contributed by atoms with van der Waals surface area (Å²) in [5, 5.41) is 4.84. The molecular formula is C16H17NO3S. The van der Waals surface area contributed by atoms with Gasteiger partial charge in [0.15, 0.2) is 11.5 Å². The van der Waals surface area contributed by atoms with E-state index in [0.29, 0.717) is 19.8 Å². The van der Waals surface area contributed by atoms with Crippen molar-refractivity contribution in [3.05, 3.63) is 45.6 Å². The highest BCUT2D eigenvalue weighted by Crippen LogP contribution is 2.32. The number of rotatable bonds is 3. The molecule has 0 unspecified atom stereocenters. The van der Waals surface area contributed by atoms with Crippen LogP contribution < -0.4 is 14.8 Å². The van der Waals surface area contributed by atoms with Crippen molar-refractivity contribution in [2.24, 2.45) is 0 Å². The molecule has 2 heterocycles. The second-order valence-electron chi connectivity index (χ2n) is 4.94. The third kappa shape index (κ3) is 3.19. The van der Waals surface area contributed by atoms with Gasteiger partial charge in [-0.25, -0.2) is 0 Å². The summed E-state index contributed by atoms with van der Waals surface area (Å²) in [4.78, 5) is 12.7. The van der Waals surface area contributed by atoms with Crippen LogP contribution in [0.3, 0.4) is 0 Å². The summed E-state index contributed by atoms with van der Waals surface area (Å²) in [7, 11) is 0. The third-order valence-corrected chi connectivity index (χ3v) is 4.26. The molecule has 21 heavy (non-hydrogen) atoms. The number of carbonyl (C=O) groups excluding carboxylic acids is 1. The van der Waals surface area contributed by atoms with E-state index in [2.05, 4.69) is 5.32 Å². The van der Waals surface area contributed by atoms with Gasteiger partial charge in [0.25, 0.3) is 5.91 Å². The minimum Gasteiger partial charge on any atom is -0.490 e. The maximum absolute atomic E-state index is 12.0. The van der Waals surface area contributed by atoms with E-state index >= 15 is 0 Å². The molecule has 0 bridgehead atoms. The molecule has 1 amide bonds. The van der Waals surface area contributed by atoms with E-state index < -0.39 is 0 Å². The fourth-order valence-electron chi connectivity index (χ4n) is 2.21. The zero-order valence-corrected chi connectivity index (χ0v) is 12.7. The molecule has 0 atom stereocenters.